The predicted octanol–water partition coefficient (Wildman–Crippen LogP) is 5.25. The molecule has 1 aliphatic heterocycles. The van der Waals surface area contributed by atoms with Gasteiger partial charge in [-0.15, -0.1) is 0 Å². The van der Waals surface area contributed by atoms with Crippen LogP contribution < -0.4 is 9.47 Å². The van der Waals surface area contributed by atoms with Crippen LogP contribution in [0.3, 0.4) is 0 Å². The topological polar surface area (TPSA) is 112 Å². The Morgan fingerprint density at radius 3 is 2.54 bits per heavy atom. The summed E-state index contributed by atoms with van der Waals surface area (Å²) in [5, 5.41) is 22.6. The number of aromatic hydroxyl groups is 1. The maximum atomic E-state index is 13.4. The van der Waals surface area contributed by atoms with Gasteiger partial charge in [-0.2, -0.15) is 0 Å². The first-order valence-electron chi connectivity index (χ1n) is 12.8. The third-order valence-corrected chi connectivity index (χ3v) is 7.06. The van der Waals surface area contributed by atoms with Crippen LogP contribution in [-0.4, -0.2) is 52.0 Å². The fourth-order valence-corrected chi connectivity index (χ4v) is 5.03. The number of hydrogen-bond donors (Lipinski definition) is 3. The number of aryl methyl sites for hydroxylation is 1. The first-order chi connectivity index (χ1) is 18.8. The van der Waals surface area contributed by atoms with Crippen LogP contribution in [0.1, 0.15) is 35.2 Å². The van der Waals surface area contributed by atoms with E-state index in [1.165, 1.54) is 11.0 Å². The zero-order valence-electron chi connectivity index (χ0n) is 22.0. The van der Waals surface area contributed by atoms with E-state index in [0.717, 1.165) is 27.8 Å². The fraction of sp³-hybridized carbons (Fsp3) is 0.226. The molecule has 0 bridgehead atoms. The van der Waals surface area contributed by atoms with Gasteiger partial charge >= 0.3 is 0 Å². The minimum Gasteiger partial charge on any atom is -0.507 e. The van der Waals surface area contributed by atoms with E-state index in [4.69, 9.17) is 9.47 Å². The van der Waals surface area contributed by atoms with E-state index in [0.29, 0.717) is 24.2 Å². The Bertz CT molecular complexity index is 1580. The molecule has 1 aliphatic rings. The van der Waals surface area contributed by atoms with Crippen molar-refractivity contribution in [3.05, 3.63) is 94.7 Å². The van der Waals surface area contributed by atoms with E-state index in [9.17, 15) is 19.8 Å². The van der Waals surface area contributed by atoms with Crippen LogP contribution in [0.5, 0.6) is 17.2 Å². The molecule has 1 saturated heterocycles. The molecule has 2 heterocycles. The monoisotopic (exact) mass is 526 g/mol. The van der Waals surface area contributed by atoms with Crippen molar-refractivity contribution in [2.75, 3.05) is 20.3 Å². The van der Waals surface area contributed by atoms with Gasteiger partial charge in [0.25, 0.3) is 11.7 Å². The number of fused-ring (bicyclic) bond motifs is 1. The Labute approximate surface area is 226 Å². The van der Waals surface area contributed by atoms with E-state index in [-0.39, 0.29) is 29.4 Å². The number of aromatic nitrogens is 1. The van der Waals surface area contributed by atoms with Crippen molar-refractivity contribution in [2.45, 2.75) is 26.3 Å². The van der Waals surface area contributed by atoms with Gasteiger partial charge in [-0.25, -0.2) is 0 Å². The molecule has 0 radical (unpaired) electrons. The molecule has 0 saturated carbocycles. The molecule has 0 spiro atoms. The Balaban J connectivity index is 1.58. The molecule has 1 atom stereocenters. The van der Waals surface area contributed by atoms with Crippen molar-refractivity contribution in [2.24, 2.45) is 0 Å². The number of carbonyl (C=O) groups is 2. The highest BCUT2D eigenvalue weighted by molar-refractivity contribution is 6.46. The average Bonchev–Trinajstić information content (AvgIpc) is 3.46. The number of aliphatic hydroxyl groups is 1. The van der Waals surface area contributed by atoms with Crippen LogP contribution in [0.2, 0.25) is 0 Å². The van der Waals surface area contributed by atoms with Crippen LogP contribution >= 0.6 is 0 Å². The molecule has 1 fully saturated rings. The number of phenols is 1. The van der Waals surface area contributed by atoms with Crippen molar-refractivity contribution in [1.82, 2.24) is 9.88 Å². The Morgan fingerprint density at radius 1 is 1.05 bits per heavy atom. The summed E-state index contributed by atoms with van der Waals surface area (Å²) in [4.78, 5) is 31.5. The number of rotatable bonds is 8. The molecular weight excluding hydrogens is 496 g/mol. The van der Waals surface area contributed by atoms with E-state index in [1.54, 1.807) is 38.3 Å². The minimum absolute atomic E-state index is 0.00223. The first kappa shape index (κ1) is 25.9. The number of ether oxygens (including phenoxy) is 2. The van der Waals surface area contributed by atoms with E-state index >= 15 is 0 Å². The summed E-state index contributed by atoms with van der Waals surface area (Å²) >= 11 is 0. The van der Waals surface area contributed by atoms with Crippen LogP contribution in [0, 0.1) is 6.92 Å². The highest BCUT2D eigenvalue weighted by atomic mass is 16.5. The van der Waals surface area contributed by atoms with E-state index in [1.807, 2.05) is 43.5 Å². The number of aromatic amines is 1. The van der Waals surface area contributed by atoms with E-state index < -0.39 is 17.7 Å². The number of nitrogens with one attached hydrogen (secondary N) is 1. The number of ketones is 1. The number of hydrogen-bond acceptors (Lipinski definition) is 6. The number of phenolic OH excluding ortho intramolecular Hbond substituents is 1. The molecule has 1 aromatic heterocycles. The number of likely N-dealkylation sites (tertiary alicyclic amines) is 1. The zero-order valence-corrected chi connectivity index (χ0v) is 22.0. The Hall–Kier alpha value is -4.72. The van der Waals surface area contributed by atoms with Crippen LogP contribution in [0.4, 0.5) is 0 Å². The lowest BCUT2D eigenvalue weighted by atomic mass is 9.94. The van der Waals surface area contributed by atoms with Gasteiger partial charge < -0.3 is 29.6 Å². The number of H-pyrrole nitrogens is 1. The second-order valence-electron chi connectivity index (χ2n) is 9.49. The van der Waals surface area contributed by atoms with Crippen molar-refractivity contribution in [3.8, 4) is 17.2 Å². The van der Waals surface area contributed by atoms with Crippen LogP contribution in [-0.2, 0) is 16.0 Å². The molecular formula is C31H30N2O6. The number of aliphatic hydroxyl groups excluding tert-OH is 1. The SMILES string of the molecule is CCOc1cc([C@@H]2C(=C(O)c3ccc(C)cc3)C(=O)C(=O)N2CCc2c[nH]c3ccc(OC)cc23)ccc1O. The van der Waals surface area contributed by atoms with Crippen molar-refractivity contribution in [3.63, 3.8) is 0 Å². The molecule has 4 aromatic rings. The number of methoxy groups -OCH3 is 1. The van der Waals surface area contributed by atoms with Crippen molar-refractivity contribution in [1.29, 1.82) is 0 Å². The van der Waals surface area contributed by atoms with Gasteiger partial charge in [0.05, 0.1) is 25.3 Å². The number of carbonyl (C=O) groups excluding carboxylic acids is 2. The highest BCUT2D eigenvalue weighted by Gasteiger charge is 2.46. The van der Waals surface area contributed by atoms with Gasteiger partial charge in [0.1, 0.15) is 11.5 Å². The lowest BCUT2D eigenvalue weighted by molar-refractivity contribution is -0.139. The molecule has 39 heavy (non-hydrogen) atoms. The predicted molar refractivity (Wildman–Crippen MR) is 148 cm³/mol. The average molecular weight is 527 g/mol. The maximum Gasteiger partial charge on any atom is 0.295 e. The first-order valence-corrected chi connectivity index (χ1v) is 12.8. The zero-order chi connectivity index (χ0) is 27.7. The van der Waals surface area contributed by atoms with Gasteiger partial charge in [0.15, 0.2) is 11.5 Å². The molecule has 3 aromatic carbocycles. The minimum atomic E-state index is -0.870. The quantitative estimate of drug-likeness (QED) is 0.164. The molecule has 0 unspecified atom stereocenters. The maximum absolute atomic E-state index is 13.4. The molecule has 8 heteroatoms. The standard InChI is InChI=1S/C31H30N2O6/c1-4-39-26-15-20(9-12-25(26)34)28-27(29(35)19-7-5-18(2)6-8-19)30(36)31(37)33(28)14-13-21-17-32-24-11-10-22(38-3)16-23(21)24/h5-12,15-17,28,32,34-35H,4,13-14H2,1-3H3/t28-/m1/s1. The highest BCUT2D eigenvalue weighted by Crippen LogP contribution is 2.42. The molecule has 5 rings (SSSR count). The van der Waals surface area contributed by atoms with Crippen LogP contribution in [0.15, 0.2) is 72.4 Å². The molecule has 1 amide bonds. The second-order valence-corrected chi connectivity index (χ2v) is 9.49. The third-order valence-electron chi connectivity index (χ3n) is 7.06. The molecule has 0 aliphatic carbocycles. The third kappa shape index (κ3) is 4.81. The Morgan fingerprint density at radius 2 is 1.82 bits per heavy atom. The van der Waals surface area contributed by atoms with Crippen LogP contribution in [0.25, 0.3) is 16.7 Å². The second kappa shape index (κ2) is 10.6. The summed E-state index contributed by atoms with van der Waals surface area (Å²) in [5.74, 6) is -0.802. The number of amides is 1. The Kier molecular flexibility index (Phi) is 7.02. The summed E-state index contributed by atoms with van der Waals surface area (Å²) in [6.45, 7) is 4.26. The fourth-order valence-electron chi connectivity index (χ4n) is 5.03. The number of nitrogens with zero attached hydrogens (tertiary/aromatic N) is 1. The molecule has 200 valence electrons. The summed E-state index contributed by atoms with van der Waals surface area (Å²) in [6.07, 6.45) is 2.34. The smallest absolute Gasteiger partial charge is 0.295 e. The van der Waals surface area contributed by atoms with Gasteiger partial charge in [-0.05, 0) is 61.7 Å². The lowest BCUT2D eigenvalue weighted by Crippen LogP contribution is -2.31. The summed E-state index contributed by atoms with van der Waals surface area (Å²) in [7, 11) is 1.61. The number of benzene rings is 3. The molecule has 3 N–H and O–H groups in total. The van der Waals surface area contributed by atoms with Crippen molar-refractivity contribution < 1.29 is 29.3 Å². The normalized spacial score (nSPS) is 16.7. The van der Waals surface area contributed by atoms with E-state index in [2.05, 4.69) is 4.98 Å². The summed E-state index contributed by atoms with van der Waals surface area (Å²) < 4.78 is 10.9. The largest absolute Gasteiger partial charge is 0.507 e. The number of Topliss-reactive ketones (excluding diaryl/α,β-unsaturated/α-hetero) is 1. The van der Waals surface area contributed by atoms with Gasteiger partial charge in [0.2, 0.25) is 0 Å². The van der Waals surface area contributed by atoms with Gasteiger partial charge in [0, 0.05) is 29.2 Å². The molecule has 8 nitrogen and oxygen atoms in total. The summed E-state index contributed by atoms with van der Waals surface area (Å²) in [5.41, 5.74) is 3.88. The van der Waals surface area contributed by atoms with Crippen molar-refractivity contribution >= 4 is 28.4 Å². The van der Waals surface area contributed by atoms with Gasteiger partial charge in [-0.3, -0.25) is 9.59 Å². The lowest BCUT2D eigenvalue weighted by Gasteiger charge is -2.26. The summed E-state index contributed by atoms with van der Waals surface area (Å²) in [6, 6.07) is 16.7. The van der Waals surface area contributed by atoms with Gasteiger partial charge in [-0.1, -0.05) is 35.9 Å².